The Kier molecular flexibility index (Phi) is 4.60. The largest absolute Gasteiger partial charge is 0.392 e. The van der Waals surface area contributed by atoms with Gasteiger partial charge in [0.25, 0.3) is 5.56 Å². The minimum Gasteiger partial charge on any atom is -0.392 e. The van der Waals surface area contributed by atoms with E-state index in [1.54, 1.807) is 0 Å². The van der Waals surface area contributed by atoms with Crippen molar-refractivity contribution in [2.24, 2.45) is 0 Å². The molecule has 1 saturated heterocycles. The van der Waals surface area contributed by atoms with E-state index in [9.17, 15) is 9.90 Å². The number of aliphatic hydroxyl groups excluding tert-OH is 1. The van der Waals surface area contributed by atoms with Crippen molar-refractivity contribution in [3.8, 4) is 11.1 Å². The van der Waals surface area contributed by atoms with E-state index in [1.165, 1.54) is 11.3 Å². The van der Waals surface area contributed by atoms with E-state index in [4.69, 9.17) is 11.6 Å². The molecule has 1 unspecified atom stereocenters. The van der Waals surface area contributed by atoms with Crippen LogP contribution < -0.4 is 5.56 Å². The molecule has 0 saturated carbocycles. The third-order valence-electron chi connectivity index (χ3n) is 4.51. The molecule has 1 atom stereocenters. The number of likely N-dealkylation sites (tertiary alicyclic amines) is 1. The number of piperidine rings is 1. The average Bonchev–Trinajstić information content (AvgIpc) is 2.99. The van der Waals surface area contributed by atoms with Crippen molar-refractivity contribution in [1.82, 2.24) is 14.9 Å². The van der Waals surface area contributed by atoms with Gasteiger partial charge in [0.2, 0.25) is 0 Å². The molecule has 0 spiro atoms. The highest BCUT2D eigenvalue weighted by atomic mass is 35.5. The van der Waals surface area contributed by atoms with Crippen molar-refractivity contribution in [2.75, 3.05) is 13.1 Å². The van der Waals surface area contributed by atoms with Crippen LogP contribution in [0.3, 0.4) is 0 Å². The number of hydrogen-bond donors (Lipinski definition) is 2. The third kappa shape index (κ3) is 3.35. The van der Waals surface area contributed by atoms with Crippen molar-refractivity contribution in [1.29, 1.82) is 0 Å². The molecule has 1 fully saturated rings. The second-order valence-electron chi connectivity index (χ2n) is 6.35. The van der Waals surface area contributed by atoms with Crippen LogP contribution >= 0.6 is 22.9 Å². The Labute approximate surface area is 153 Å². The summed E-state index contributed by atoms with van der Waals surface area (Å²) in [5.41, 5.74) is 1.52. The Morgan fingerprint density at radius 1 is 1.36 bits per heavy atom. The molecular formula is C18H18ClN3O2S. The zero-order valence-electron chi connectivity index (χ0n) is 13.5. The summed E-state index contributed by atoms with van der Waals surface area (Å²) < 4.78 is 0. The molecule has 1 aliphatic heterocycles. The Balaban J connectivity index is 1.70. The molecule has 2 N–H and O–H groups in total. The molecule has 0 radical (unpaired) electrons. The van der Waals surface area contributed by atoms with Crippen molar-refractivity contribution in [3.05, 3.63) is 50.8 Å². The van der Waals surface area contributed by atoms with E-state index < -0.39 is 0 Å². The smallest absolute Gasteiger partial charge is 0.260 e. The molecular weight excluding hydrogens is 358 g/mol. The lowest BCUT2D eigenvalue weighted by Crippen LogP contribution is -2.38. The number of rotatable bonds is 3. The average molecular weight is 376 g/mol. The van der Waals surface area contributed by atoms with Crippen molar-refractivity contribution in [2.45, 2.75) is 25.5 Å². The second-order valence-corrected chi connectivity index (χ2v) is 7.62. The first-order valence-corrected chi connectivity index (χ1v) is 9.53. The first kappa shape index (κ1) is 16.7. The summed E-state index contributed by atoms with van der Waals surface area (Å²) in [4.78, 5) is 23.0. The zero-order chi connectivity index (χ0) is 17.4. The molecule has 1 aliphatic rings. The summed E-state index contributed by atoms with van der Waals surface area (Å²) >= 11 is 7.73. The normalized spacial score (nSPS) is 18.7. The third-order valence-corrected chi connectivity index (χ3v) is 5.71. The van der Waals surface area contributed by atoms with Crippen LogP contribution in [-0.2, 0) is 6.54 Å². The van der Waals surface area contributed by atoms with E-state index in [2.05, 4.69) is 14.9 Å². The number of halogens is 1. The maximum Gasteiger partial charge on any atom is 0.260 e. The number of fused-ring (bicyclic) bond motifs is 1. The topological polar surface area (TPSA) is 69.2 Å². The van der Waals surface area contributed by atoms with Crippen molar-refractivity contribution >= 4 is 33.2 Å². The van der Waals surface area contributed by atoms with E-state index in [-0.39, 0.29) is 11.7 Å². The molecule has 7 heteroatoms. The number of benzene rings is 1. The lowest BCUT2D eigenvalue weighted by Gasteiger charge is -2.29. The Morgan fingerprint density at radius 2 is 2.20 bits per heavy atom. The second kappa shape index (κ2) is 6.88. The highest BCUT2D eigenvalue weighted by Gasteiger charge is 2.20. The zero-order valence-corrected chi connectivity index (χ0v) is 15.1. The van der Waals surface area contributed by atoms with E-state index >= 15 is 0 Å². The quantitative estimate of drug-likeness (QED) is 0.737. The van der Waals surface area contributed by atoms with Gasteiger partial charge >= 0.3 is 0 Å². The standard InChI is InChI=1S/C18H18ClN3O2S/c19-14-6-2-1-5-12(14)13-10-25-18-16(13)17(24)20-15(21-18)9-22-7-3-4-11(23)8-22/h1-2,5-6,10-11,23H,3-4,7-9H2,(H,20,21,24). The minimum atomic E-state index is -0.294. The summed E-state index contributed by atoms with van der Waals surface area (Å²) in [7, 11) is 0. The fourth-order valence-electron chi connectivity index (χ4n) is 3.33. The van der Waals surface area contributed by atoms with E-state index in [1.807, 2.05) is 29.6 Å². The molecule has 0 bridgehead atoms. The summed E-state index contributed by atoms with van der Waals surface area (Å²) in [6, 6.07) is 7.50. The number of thiophene rings is 1. The van der Waals surface area contributed by atoms with Crippen LogP contribution in [0, 0.1) is 0 Å². The summed E-state index contributed by atoms with van der Waals surface area (Å²) in [5, 5.41) is 12.9. The molecule has 3 aromatic rings. The van der Waals surface area contributed by atoms with Gasteiger partial charge in [-0.3, -0.25) is 9.69 Å². The van der Waals surface area contributed by atoms with Crippen molar-refractivity contribution in [3.63, 3.8) is 0 Å². The summed E-state index contributed by atoms with van der Waals surface area (Å²) in [5.74, 6) is 0.638. The van der Waals surface area contributed by atoms with Crippen LogP contribution in [0.25, 0.3) is 21.3 Å². The Morgan fingerprint density at radius 3 is 3.00 bits per heavy atom. The lowest BCUT2D eigenvalue weighted by molar-refractivity contribution is 0.0655. The van der Waals surface area contributed by atoms with Crippen LogP contribution in [0.1, 0.15) is 18.7 Å². The number of β-amino-alcohol motifs (C(OH)–C–C–N with tert-alkyl or cyclic N) is 1. The lowest BCUT2D eigenvalue weighted by atomic mass is 10.1. The number of aliphatic hydroxyl groups is 1. The van der Waals surface area contributed by atoms with Crippen LogP contribution in [0.5, 0.6) is 0 Å². The predicted molar refractivity (Wildman–Crippen MR) is 101 cm³/mol. The summed E-state index contributed by atoms with van der Waals surface area (Å²) in [6.45, 7) is 2.08. The van der Waals surface area contributed by atoms with Gasteiger partial charge in [-0.2, -0.15) is 0 Å². The number of nitrogens with zero attached hydrogens (tertiary/aromatic N) is 2. The number of aromatic nitrogens is 2. The fourth-order valence-corrected chi connectivity index (χ4v) is 4.53. The molecule has 25 heavy (non-hydrogen) atoms. The van der Waals surface area contributed by atoms with Crippen LogP contribution in [0.2, 0.25) is 5.02 Å². The minimum absolute atomic E-state index is 0.145. The Bertz CT molecular complexity index is 968. The van der Waals surface area contributed by atoms with Gasteiger partial charge in [-0.15, -0.1) is 11.3 Å². The van der Waals surface area contributed by atoms with Gasteiger partial charge < -0.3 is 10.1 Å². The highest BCUT2D eigenvalue weighted by Crippen LogP contribution is 2.34. The summed E-state index contributed by atoms with van der Waals surface area (Å²) in [6.07, 6.45) is 1.51. The monoisotopic (exact) mass is 375 g/mol. The predicted octanol–water partition coefficient (Wildman–Crippen LogP) is 3.26. The molecule has 2 aromatic heterocycles. The first-order valence-electron chi connectivity index (χ1n) is 8.27. The van der Waals surface area contributed by atoms with Gasteiger partial charge in [0, 0.05) is 28.1 Å². The van der Waals surface area contributed by atoms with Crippen LogP contribution in [0.15, 0.2) is 34.4 Å². The van der Waals surface area contributed by atoms with Crippen LogP contribution in [-0.4, -0.2) is 39.2 Å². The van der Waals surface area contributed by atoms with E-state index in [0.717, 1.165) is 30.5 Å². The molecule has 5 nitrogen and oxygen atoms in total. The van der Waals surface area contributed by atoms with Gasteiger partial charge in [0.1, 0.15) is 10.7 Å². The molecule has 0 aliphatic carbocycles. The first-order chi connectivity index (χ1) is 12.1. The highest BCUT2D eigenvalue weighted by molar-refractivity contribution is 7.17. The molecule has 4 rings (SSSR count). The maximum absolute atomic E-state index is 12.7. The molecule has 0 amide bonds. The van der Waals surface area contributed by atoms with E-state index in [0.29, 0.717) is 34.2 Å². The molecule has 1 aromatic carbocycles. The van der Waals surface area contributed by atoms with Crippen LogP contribution in [0.4, 0.5) is 0 Å². The fraction of sp³-hybridized carbons (Fsp3) is 0.333. The number of nitrogens with one attached hydrogen (secondary N) is 1. The Hall–Kier alpha value is -1.73. The number of aromatic amines is 1. The molecule has 3 heterocycles. The maximum atomic E-state index is 12.7. The van der Waals surface area contributed by atoms with Gasteiger partial charge in [0.05, 0.1) is 18.0 Å². The van der Waals surface area contributed by atoms with Crippen molar-refractivity contribution < 1.29 is 5.11 Å². The van der Waals surface area contributed by atoms with Gasteiger partial charge in [-0.25, -0.2) is 4.98 Å². The SMILES string of the molecule is O=c1[nH]c(CN2CCCC(O)C2)nc2scc(-c3ccccc3Cl)c12. The number of hydrogen-bond acceptors (Lipinski definition) is 5. The van der Waals surface area contributed by atoms with Gasteiger partial charge in [-0.1, -0.05) is 29.8 Å². The van der Waals surface area contributed by atoms with Gasteiger partial charge in [0.15, 0.2) is 0 Å². The van der Waals surface area contributed by atoms with Gasteiger partial charge in [-0.05, 0) is 25.5 Å². The molecule has 130 valence electrons. The number of H-pyrrole nitrogens is 1.